The van der Waals surface area contributed by atoms with E-state index in [0.29, 0.717) is 13.0 Å². The second-order valence-corrected chi connectivity index (χ2v) is 5.77. The summed E-state index contributed by atoms with van der Waals surface area (Å²) in [6, 6.07) is 11.7. The molecule has 4 nitrogen and oxygen atoms in total. The first-order valence-corrected chi connectivity index (χ1v) is 7.94. The first-order chi connectivity index (χ1) is 12.0. The van der Waals surface area contributed by atoms with Gasteiger partial charge < -0.3 is 5.32 Å². The second kappa shape index (κ2) is 7.44. The molecule has 0 spiro atoms. The number of carbonyl (C=O) groups is 1. The molecule has 7 heteroatoms. The third-order valence-electron chi connectivity index (χ3n) is 3.58. The zero-order valence-electron chi connectivity index (χ0n) is 13.0. The molecule has 0 fully saturated rings. The van der Waals surface area contributed by atoms with Crippen molar-refractivity contribution in [2.24, 2.45) is 0 Å². The van der Waals surface area contributed by atoms with Crippen molar-refractivity contribution in [3.63, 3.8) is 0 Å². The highest BCUT2D eigenvalue weighted by Gasteiger charge is 2.09. The van der Waals surface area contributed by atoms with Crippen LogP contribution < -0.4 is 5.32 Å². The Labute approximate surface area is 148 Å². The van der Waals surface area contributed by atoms with Crippen LogP contribution >= 0.6 is 11.6 Å². The number of carbonyl (C=O) groups excluding carboxylic acids is 1. The van der Waals surface area contributed by atoms with Gasteiger partial charge in [0.25, 0.3) is 5.91 Å². The molecule has 0 aliphatic rings. The minimum atomic E-state index is -0.632. The number of amides is 1. The lowest BCUT2D eigenvalue weighted by Gasteiger charge is -2.05. The zero-order valence-corrected chi connectivity index (χ0v) is 13.8. The summed E-state index contributed by atoms with van der Waals surface area (Å²) in [7, 11) is 0. The summed E-state index contributed by atoms with van der Waals surface area (Å²) in [6.07, 6.45) is 2.27. The maximum atomic E-state index is 13.4. The molecule has 3 aromatic rings. The van der Waals surface area contributed by atoms with Gasteiger partial charge in [-0.1, -0.05) is 11.6 Å². The Morgan fingerprint density at radius 3 is 2.60 bits per heavy atom. The minimum Gasteiger partial charge on any atom is -0.352 e. The molecule has 1 heterocycles. The fourth-order valence-corrected chi connectivity index (χ4v) is 2.39. The van der Waals surface area contributed by atoms with Gasteiger partial charge in [0.15, 0.2) is 0 Å². The Morgan fingerprint density at radius 2 is 1.88 bits per heavy atom. The average molecular weight is 362 g/mol. The molecular formula is C18H14ClF2N3O. The minimum absolute atomic E-state index is 0.0251. The van der Waals surface area contributed by atoms with Crippen LogP contribution in [0, 0.1) is 11.6 Å². The zero-order chi connectivity index (χ0) is 17.8. The van der Waals surface area contributed by atoms with Gasteiger partial charge in [0, 0.05) is 24.7 Å². The molecular weight excluding hydrogens is 348 g/mol. The fraction of sp³-hybridized carbons (Fsp3) is 0.111. The third-order valence-corrected chi connectivity index (χ3v) is 3.89. The summed E-state index contributed by atoms with van der Waals surface area (Å²) in [5.41, 5.74) is 1.72. The second-order valence-electron chi connectivity index (χ2n) is 5.36. The third kappa shape index (κ3) is 4.22. The maximum Gasteiger partial charge on any atom is 0.251 e. The van der Waals surface area contributed by atoms with E-state index in [9.17, 15) is 13.6 Å². The predicted molar refractivity (Wildman–Crippen MR) is 91.0 cm³/mol. The number of nitrogens with one attached hydrogen (secondary N) is 1. The lowest BCUT2D eigenvalue weighted by atomic mass is 10.2. The molecule has 0 bridgehead atoms. The Kier molecular flexibility index (Phi) is 5.09. The number of aromatic nitrogens is 2. The molecule has 25 heavy (non-hydrogen) atoms. The van der Waals surface area contributed by atoms with E-state index >= 15 is 0 Å². The molecule has 1 amide bonds. The van der Waals surface area contributed by atoms with Gasteiger partial charge in [-0.25, -0.2) is 13.5 Å². The standard InChI is InChI=1S/C18H14ClF2N3O/c19-16-6-1-12(11-17(16)21)18(25)22-9-7-14-8-10-24(23-14)15-4-2-13(20)3-5-15/h1-6,8,10-11H,7,9H2,(H,22,25). The molecule has 0 saturated heterocycles. The Morgan fingerprint density at radius 1 is 1.12 bits per heavy atom. The number of hydrogen-bond acceptors (Lipinski definition) is 2. The van der Waals surface area contributed by atoms with Crippen LogP contribution in [-0.4, -0.2) is 22.2 Å². The van der Waals surface area contributed by atoms with Crippen LogP contribution in [0.2, 0.25) is 5.02 Å². The molecule has 0 radical (unpaired) electrons. The van der Waals surface area contributed by atoms with Gasteiger partial charge in [-0.05, 0) is 48.5 Å². The molecule has 0 atom stereocenters. The number of halogens is 3. The fourth-order valence-electron chi connectivity index (χ4n) is 2.28. The normalized spacial score (nSPS) is 10.7. The van der Waals surface area contributed by atoms with Crippen molar-refractivity contribution in [2.45, 2.75) is 6.42 Å². The van der Waals surface area contributed by atoms with Crippen molar-refractivity contribution in [2.75, 3.05) is 6.54 Å². The van der Waals surface area contributed by atoms with Crippen LogP contribution in [0.3, 0.4) is 0 Å². The highest BCUT2D eigenvalue weighted by atomic mass is 35.5. The van der Waals surface area contributed by atoms with Gasteiger partial charge in [-0.15, -0.1) is 0 Å². The first kappa shape index (κ1) is 17.1. The van der Waals surface area contributed by atoms with Gasteiger partial charge in [-0.2, -0.15) is 5.10 Å². The van der Waals surface area contributed by atoms with Crippen molar-refractivity contribution in [1.29, 1.82) is 0 Å². The Bertz CT molecular complexity index is 894. The van der Waals surface area contributed by atoms with Crippen LogP contribution in [0.4, 0.5) is 8.78 Å². The molecule has 1 aromatic heterocycles. The summed E-state index contributed by atoms with van der Waals surface area (Å²) in [4.78, 5) is 12.0. The highest BCUT2D eigenvalue weighted by molar-refractivity contribution is 6.30. The van der Waals surface area contributed by atoms with Crippen molar-refractivity contribution in [1.82, 2.24) is 15.1 Å². The molecule has 128 valence electrons. The summed E-state index contributed by atoms with van der Waals surface area (Å²) < 4.78 is 27.9. The number of nitrogens with zero attached hydrogens (tertiary/aromatic N) is 2. The van der Waals surface area contributed by atoms with E-state index in [4.69, 9.17) is 11.6 Å². The number of rotatable bonds is 5. The van der Waals surface area contributed by atoms with Crippen LogP contribution in [0.25, 0.3) is 5.69 Å². The van der Waals surface area contributed by atoms with Crippen molar-refractivity contribution >= 4 is 17.5 Å². The van der Waals surface area contributed by atoms with Crippen LogP contribution in [0.5, 0.6) is 0 Å². The van der Waals surface area contributed by atoms with E-state index in [-0.39, 0.29) is 22.3 Å². The van der Waals surface area contributed by atoms with Gasteiger partial charge in [0.2, 0.25) is 0 Å². The first-order valence-electron chi connectivity index (χ1n) is 7.56. The Balaban J connectivity index is 1.56. The summed E-state index contributed by atoms with van der Waals surface area (Å²) >= 11 is 5.59. The van der Waals surface area contributed by atoms with Crippen LogP contribution in [-0.2, 0) is 6.42 Å². The van der Waals surface area contributed by atoms with E-state index in [0.717, 1.165) is 17.4 Å². The van der Waals surface area contributed by atoms with Gasteiger partial charge in [0.1, 0.15) is 11.6 Å². The average Bonchev–Trinajstić information content (AvgIpc) is 3.06. The number of hydrogen-bond donors (Lipinski definition) is 1. The molecule has 0 unspecified atom stereocenters. The highest BCUT2D eigenvalue weighted by Crippen LogP contribution is 2.15. The quantitative estimate of drug-likeness (QED) is 0.751. The SMILES string of the molecule is O=C(NCCc1ccn(-c2ccc(F)cc2)n1)c1ccc(Cl)c(F)c1. The summed E-state index contributed by atoms with van der Waals surface area (Å²) in [6.45, 7) is 0.351. The molecule has 2 aromatic carbocycles. The van der Waals surface area contributed by atoms with Crippen LogP contribution in [0.1, 0.15) is 16.1 Å². The van der Waals surface area contributed by atoms with E-state index in [2.05, 4.69) is 10.4 Å². The maximum absolute atomic E-state index is 13.4. The van der Waals surface area contributed by atoms with Gasteiger partial charge in [0.05, 0.1) is 16.4 Å². The van der Waals surface area contributed by atoms with Crippen molar-refractivity contribution < 1.29 is 13.6 Å². The molecule has 1 N–H and O–H groups in total. The van der Waals surface area contributed by atoms with Gasteiger partial charge >= 0.3 is 0 Å². The Hall–Kier alpha value is -2.73. The van der Waals surface area contributed by atoms with Crippen LogP contribution in [0.15, 0.2) is 54.7 Å². The molecule has 0 aliphatic carbocycles. The summed E-state index contributed by atoms with van der Waals surface area (Å²) in [5.74, 6) is -1.32. The largest absolute Gasteiger partial charge is 0.352 e. The summed E-state index contributed by atoms with van der Waals surface area (Å²) in [5, 5.41) is 7.05. The lowest BCUT2D eigenvalue weighted by molar-refractivity contribution is 0.0953. The monoisotopic (exact) mass is 361 g/mol. The van der Waals surface area contributed by atoms with E-state index in [1.54, 1.807) is 23.0 Å². The number of benzene rings is 2. The van der Waals surface area contributed by atoms with E-state index in [1.807, 2.05) is 6.07 Å². The van der Waals surface area contributed by atoms with E-state index in [1.165, 1.54) is 24.3 Å². The molecule has 3 rings (SSSR count). The molecule has 0 aliphatic heterocycles. The van der Waals surface area contributed by atoms with E-state index < -0.39 is 5.82 Å². The lowest BCUT2D eigenvalue weighted by Crippen LogP contribution is -2.25. The van der Waals surface area contributed by atoms with Crippen molar-refractivity contribution in [3.05, 3.63) is 82.6 Å². The van der Waals surface area contributed by atoms with Crippen molar-refractivity contribution in [3.8, 4) is 5.69 Å². The smallest absolute Gasteiger partial charge is 0.251 e. The topological polar surface area (TPSA) is 46.9 Å². The van der Waals surface area contributed by atoms with Gasteiger partial charge in [-0.3, -0.25) is 4.79 Å². The predicted octanol–water partition coefficient (Wildman–Crippen LogP) is 3.78. The molecule has 0 saturated carbocycles.